The fraction of sp³-hybridized carbons (Fsp3) is 0.429. The molecule has 0 fully saturated rings. The second-order valence-electron chi connectivity index (χ2n) is 4.75. The zero-order valence-corrected chi connectivity index (χ0v) is 11.8. The molecule has 0 aliphatic carbocycles. The Kier molecular flexibility index (Phi) is 5.02. The summed E-state index contributed by atoms with van der Waals surface area (Å²) in [4.78, 5) is 33.4. The number of nitro groups is 1. The molecule has 0 amide bonds. The van der Waals surface area contributed by atoms with E-state index in [4.69, 9.17) is 0 Å². The van der Waals surface area contributed by atoms with Gasteiger partial charge in [-0.15, -0.1) is 0 Å². The van der Waals surface area contributed by atoms with Crippen LogP contribution in [0.4, 0.5) is 5.69 Å². The smallest absolute Gasteiger partial charge is 0.318 e. The van der Waals surface area contributed by atoms with Crippen LogP contribution >= 0.6 is 0 Å². The fourth-order valence-electron chi connectivity index (χ4n) is 2.83. The molecule has 7 heteroatoms. The third-order valence-corrected chi connectivity index (χ3v) is 3.95. The Morgan fingerprint density at radius 2 is 1.67 bits per heavy atom. The topological polar surface area (TPSA) is 118 Å². The molecule has 114 valence electrons. The molecule has 0 atom stereocenters. The van der Waals surface area contributed by atoms with Gasteiger partial charge in [-0.25, -0.2) is 0 Å². The molecule has 1 aromatic rings. The van der Waals surface area contributed by atoms with E-state index in [2.05, 4.69) is 0 Å². The van der Waals surface area contributed by atoms with Gasteiger partial charge in [0.25, 0.3) is 5.69 Å². The van der Waals surface area contributed by atoms with E-state index in [-0.39, 0.29) is 24.1 Å². The quantitative estimate of drug-likeness (QED) is 0.453. The van der Waals surface area contributed by atoms with E-state index in [9.17, 15) is 29.9 Å². The van der Waals surface area contributed by atoms with Crippen molar-refractivity contribution in [3.63, 3.8) is 0 Å². The second-order valence-corrected chi connectivity index (χ2v) is 4.75. The first kappa shape index (κ1) is 16.6. The molecule has 0 aliphatic rings. The standard InChI is InChI=1S/C14H17NO6/c1-3-14(4-2,11(12(16)17)13(18)19)9-7-5-6-8-10(9)15(20)21/h5-8,11H,3-4H2,1-2H3,(H,16,17)(H,18,19). The molecular formula is C14H17NO6. The lowest BCUT2D eigenvalue weighted by Gasteiger charge is -2.35. The molecule has 7 nitrogen and oxygen atoms in total. The number of para-hydroxylation sites is 1. The van der Waals surface area contributed by atoms with Crippen LogP contribution in [0.1, 0.15) is 32.3 Å². The van der Waals surface area contributed by atoms with Gasteiger partial charge in [-0.05, 0) is 12.8 Å². The molecule has 0 saturated heterocycles. The van der Waals surface area contributed by atoms with Crippen molar-refractivity contribution >= 4 is 17.6 Å². The average molecular weight is 295 g/mol. The van der Waals surface area contributed by atoms with Crippen molar-refractivity contribution < 1.29 is 24.7 Å². The lowest BCUT2D eigenvalue weighted by Crippen LogP contribution is -2.44. The number of carboxylic acid groups (broad SMARTS) is 2. The lowest BCUT2D eigenvalue weighted by atomic mass is 9.66. The normalized spacial score (nSPS) is 11.4. The highest BCUT2D eigenvalue weighted by Gasteiger charge is 2.49. The number of nitrogens with zero attached hydrogens (tertiary/aromatic N) is 1. The molecule has 0 heterocycles. The predicted octanol–water partition coefficient (Wildman–Crippen LogP) is 2.44. The first-order valence-electron chi connectivity index (χ1n) is 6.51. The third kappa shape index (κ3) is 2.86. The van der Waals surface area contributed by atoms with Crippen molar-refractivity contribution in [2.45, 2.75) is 32.1 Å². The van der Waals surface area contributed by atoms with Crippen LogP contribution in [0, 0.1) is 16.0 Å². The van der Waals surface area contributed by atoms with Gasteiger partial charge in [0, 0.05) is 17.0 Å². The maximum absolute atomic E-state index is 11.4. The SMILES string of the molecule is CCC(CC)(c1ccccc1[N+](=O)[O-])C(C(=O)O)C(=O)O. The van der Waals surface area contributed by atoms with Crippen molar-refractivity contribution in [3.8, 4) is 0 Å². The Morgan fingerprint density at radius 1 is 1.19 bits per heavy atom. The van der Waals surface area contributed by atoms with E-state index in [0.717, 1.165) is 0 Å². The number of carbonyl (C=O) groups is 2. The Balaban J connectivity index is 3.66. The van der Waals surface area contributed by atoms with Crippen molar-refractivity contribution in [2.75, 3.05) is 0 Å². The molecule has 0 saturated carbocycles. The summed E-state index contributed by atoms with van der Waals surface area (Å²) in [6.07, 6.45) is 0.329. The summed E-state index contributed by atoms with van der Waals surface area (Å²) in [5.74, 6) is -4.73. The summed E-state index contributed by atoms with van der Waals surface area (Å²) >= 11 is 0. The second kappa shape index (κ2) is 6.34. The van der Waals surface area contributed by atoms with Gasteiger partial charge in [0.1, 0.15) is 0 Å². The highest BCUT2D eigenvalue weighted by Crippen LogP contribution is 2.43. The van der Waals surface area contributed by atoms with Crippen LogP contribution in [-0.2, 0) is 15.0 Å². The van der Waals surface area contributed by atoms with E-state index < -0.39 is 28.2 Å². The van der Waals surface area contributed by atoms with Crippen LogP contribution in [0.25, 0.3) is 0 Å². The van der Waals surface area contributed by atoms with E-state index in [1.807, 2.05) is 0 Å². The average Bonchev–Trinajstić information content (AvgIpc) is 2.43. The number of benzene rings is 1. The molecule has 0 aromatic heterocycles. The van der Waals surface area contributed by atoms with E-state index >= 15 is 0 Å². The molecular weight excluding hydrogens is 278 g/mol. The van der Waals surface area contributed by atoms with Crippen LogP contribution in [0.2, 0.25) is 0 Å². The number of carboxylic acids is 2. The van der Waals surface area contributed by atoms with Gasteiger partial charge < -0.3 is 10.2 Å². The molecule has 0 unspecified atom stereocenters. The van der Waals surface area contributed by atoms with E-state index in [1.54, 1.807) is 19.9 Å². The van der Waals surface area contributed by atoms with Crippen LogP contribution < -0.4 is 0 Å². The van der Waals surface area contributed by atoms with Gasteiger partial charge in [0.2, 0.25) is 0 Å². The molecule has 1 rings (SSSR count). The van der Waals surface area contributed by atoms with E-state index in [0.29, 0.717) is 0 Å². The molecule has 1 aromatic carbocycles. The number of rotatable bonds is 7. The zero-order valence-electron chi connectivity index (χ0n) is 11.8. The van der Waals surface area contributed by atoms with Crippen LogP contribution in [0.3, 0.4) is 0 Å². The van der Waals surface area contributed by atoms with Crippen LogP contribution in [0.5, 0.6) is 0 Å². The molecule has 0 spiro atoms. The van der Waals surface area contributed by atoms with Gasteiger partial charge in [-0.1, -0.05) is 32.0 Å². The monoisotopic (exact) mass is 295 g/mol. The Hall–Kier alpha value is -2.44. The van der Waals surface area contributed by atoms with Gasteiger partial charge in [0.05, 0.1) is 4.92 Å². The molecule has 2 N–H and O–H groups in total. The van der Waals surface area contributed by atoms with Crippen LogP contribution in [0.15, 0.2) is 24.3 Å². The molecule has 21 heavy (non-hydrogen) atoms. The highest BCUT2D eigenvalue weighted by atomic mass is 16.6. The largest absolute Gasteiger partial charge is 0.481 e. The summed E-state index contributed by atoms with van der Waals surface area (Å²) in [6.45, 7) is 3.28. The highest BCUT2D eigenvalue weighted by molar-refractivity contribution is 5.95. The van der Waals surface area contributed by atoms with Crippen molar-refractivity contribution in [2.24, 2.45) is 5.92 Å². The minimum absolute atomic E-state index is 0.148. The molecule has 0 radical (unpaired) electrons. The minimum Gasteiger partial charge on any atom is -0.481 e. The predicted molar refractivity (Wildman–Crippen MR) is 74.1 cm³/mol. The first-order chi connectivity index (χ1) is 9.81. The number of hydrogen-bond acceptors (Lipinski definition) is 4. The van der Waals surface area contributed by atoms with Crippen molar-refractivity contribution in [1.82, 2.24) is 0 Å². The van der Waals surface area contributed by atoms with Crippen molar-refractivity contribution in [3.05, 3.63) is 39.9 Å². The third-order valence-electron chi connectivity index (χ3n) is 3.95. The van der Waals surface area contributed by atoms with Gasteiger partial charge >= 0.3 is 11.9 Å². The van der Waals surface area contributed by atoms with E-state index in [1.165, 1.54) is 18.2 Å². The van der Waals surface area contributed by atoms with Crippen LogP contribution in [-0.4, -0.2) is 27.1 Å². The number of aliphatic carboxylic acids is 2. The summed E-state index contributed by atoms with van der Waals surface area (Å²) in [5, 5.41) is 29.7. The first-order valence-corrected chi connectivity index (χ1v) is 6.51. The van der Waals surface area contributed by atoms with Crippen molar-refractivity contribution in [1.29, 1.82) is 0 Å². The molecule has 0 aliphatic heterocycles. The minimum atomic E-state index is -1.74. The summed E-state index contributed by atoms with van der Waals surface area (Å²) in [6, 6.07) is 5.71. The summed E-state index contributed by atoms with van der Waals surface area (Å²) in [7, 11) is 0. The number of nitro benzene ring substituents is 1. The lowest BCUT2D eigenvalue weighted by molar-refractivity contribution is -0.386. The number of hydrogen-bond donors (Lipinski definition) is 2. The van der Waals surface area contributed by atoms with Gasteiger partial charge in [-0.2, -0.15) is 0 Å². The summed E-state index contributed by atoms with van der Waals surface area (Å²) in [5.41, 5.74) is -1.44. The fourth-order valence-corrected chi connectivity index (χ4v) is 2.83. The maximum atomic E-state index is 11.4. The zero-order chi connectivity index (χ0) is 16.2. The molecule has 0 bridgehead atoms. The Labute approximate surface area is 121 Å². The Morgan fingerprint density at radius 3 is 2.05 bits per heavy atom. The Bertz CT molecular complexity index is 550. The van der Waals surface area contributed by atoms with Gasteiger partial charge in [-0.3, -0.25) is 19.7 Å². The maximum Gasteiger partial charge on any atom is 0.318 e. The summed E-state index contributed by atoms with van der Waals surface area (Å²) < 4.78 is 0. The van der Waals surface area contributed by atoms with Gasteiger partial charge in [0.15, 0.2) is 5.92 Å².